The Morgan fingerprint density at radius 3 is 2.85 bits per heavy atom. The van der Waals surface area contributed by atoms with Gasteiger partial charge in [0.2, 0.25) is 0 Å². The first-order valence-electron chi connectivity index (χ1n) is 7.04. The smallest absolute Gasteiger partial charge is 0.161 e. The lowest BCUT2D eigenvalue weighted by Gasteiger charge is -2.24. The van der Waals surface area contributed by atoms with Crippen LogP contribution in [0.3, 0.4) is 0 Å². The van der Waals surface area contributed by atoms with Crippen molar-refractivity contribution in [1.82, 2.24) is 20.3 Å². The highest BCUT2D eigenvalue weighted by Crippen LogP contribution is 2.18. The van der Waals surface area contributed by atoms with E-state index in [1.807, 2.05) is 25.1 Å². The van der Waals surface area contributed by atoms with Crippen molar-refractivity contribution in [2.75, 3.05) is 18.4 Å². The van der Waals surface area contributed by atoms with Gasteiger partial charge in [-0.3, -0.25) is 4.98 Å². The summed E-state index contributed by atoms with van der Waals surface area (Å²) in [7, 11) is 0. The molecule has 2 aromatic heterocycles. The lowest BCUT2D eigenvalue weighted by atomic mass is 10.1. The minimum atomic E-state index is 0.448. The van der Waals surface area contributed by atoms with E-state index in [1.54, 1.807) is 12.4 Å². The number of piperidine rings is 1. The third kappa shape index (κ3) is 3.11. The lowest BCUT2D eigenvalue weighted by molar-refractivity contribution is 0.479. The van der Waals surface area contributed by atoms with Gasteiger partial charge in [0.05, 0.1) is 0 Å². The Morgan fingerprint density at radius 1 is 1.25 bits per heavy atom. The molecule has 3 rings (SSSR count). The van der Waals surface area contributed by atoms with Crippen LogP contribution >= 0.6 is 0 Å². The number of pyridine rings is 1. The quantitative estimate of drug-likeness (QED) is 0.892. The second-order valence-electron chi connectivity index (χ2n) is 5.14. The molecule has 0 amide bonds. The maximum Gasteiger partial charge on any atom is 0.161 e. The molecule has 0 bridgehead atoms. The summed E-state index contributed by atoms with van der Waals surface area (Å²) >= 11 is 0. The molecular weight excluding hydrogens is 250 g/mol. The molecule has 1 aliphatic heterocycles. The Morgan fingerprint density at radius 2 is 2.10 bits per heavy atom. The average molecular weight is 269 g/mol. The van der Waals surface area contributed by atoms with Gasteiger partial charge in [-0.2, -0.15) is 0 Å². The van der Waals surface area contributed by atoms with Crippen molar-refractivity contribution in [1.29, 1.82) is 0 Å². The van der Waals surface area contributed by atoms with E-state index in [9.17, 15) is 0 Å². The Balaban J connectivity index is 1.83. The van der Waals surface area contributed by atoms with Gasteiger partial charge in [-0.15, -0.1) is 0 Å². The zero-order chi connectivity index (χ0) is 13.8. The predicted molar refractivity (Wildman–Crippen MR) is 79.5 cm³/mol. The number of nitrogens with zero attached hydrogens (tertiary/aromatic N) is 3. The van der Waals surface area contributed by atoms with Crippen LogP contribution in [-0.4, -0.2) is 34.1 Å². The third-order valence-electron chi connectivity index (χ3n) is 3.44. The molecule has 1 saturated heterocycles. The SMILES string of the molecule is Cc1cc(NC2CCCNC2)nc(-c2ccncc2)n1. The minimum absolute atomic E-state index is 0.448. The Bertz CT molecular complexity index is 564. The van der Waals surface area contributed by atoms with Crippen LogP contribution in [0.5, 0.6) is 0 Å². The van der Waals surface area contributed by atoms with E-state index >= 15 is 0 Å². The summed E-state index contributed by atoms with van der Waals surface area (Å²) < 4.78 is 0. The van der Waals surface area contributed by atoms with Gasteiger partial charge in [-0.25, -0.2) is 9.97 Å². The van der Waals surface area contributed by atoms with Gasteiger partial charge in [0.15, 0.2) is 5.82 Å². The summed E-state index contributed by atoms with van der Waals surface area (Å²) in [5.74, 6) is 1.65. The number of hydrogen-bond acceptors (Lipinski definition) is 5. The largest absolute Gasteiger partial charge is 0.366 e. The zero-order valence-electron chi connectivity index (χ0n) is 11.6. The van der Waals surface area contributed by atoms with E-state index in [2.05, 4.69) is 25.6 Å². The van der Waals surface area contributed by atoms with Gasteiger partial charge in [0, 0.05) is 42.3 Å². The molecule has 5 nitrogen and oxygen atoms in total. The minimum Gasteiger partial charge on any atom is -0.366 e. The van der Waals surface area contributed by atoms with Gasteiger partial charge in [-0.05, 0) is 38.4 Å². The van der Waals surface area contributed by atoms with Crippen molar-refractivity contribution in [3.05, 3.63) is 36.3 Å². The van der Waals surface area contributed by atoms with Crippen LogP contribution in [0.15, 0.2) is 30.6 Å². The van der Waals surface area contributed by atoms with Gasteiger partial charge in [-0.1, -0.05) is 0 Å². The predicted octanol–water partition coefficient (Wildman–Crippen LogP) is 2.01. The van der Waals surface area contributed by atoms with Crippen LogP contribution < -0.4 is 10.6 Å². The first-order valence-corrected chi connectivity index (χ1v) is 7.04. The van der Waals surface area contributed by atoms with Crippen LogP contribution in [0, 0.1) is 6.92 Å². The monoisotopic (exact) mass is 269 g/mol. The highest BCUT2D eigenvalue weighted by molar-refractivity contribution is 5.56. The third-order valence-corrected chi connectivity index (χ3v) is 3.44. The lowest BCUT2D eigenvalue weighted by Crippen LogP contribution is -2.38. The molecule has 0 aromatic carbocycles. The Labute approximate surface area is 118 Å². The standard InChI is InChI=1S/C15H19N5/c1-11-9-14(19-13-3-2-6-17-10-13)20-15(18-11)12-4-7-16-8-5-12/h4-5,7-9,13,17H,2-3,6,10H2,1H3,(H,18,19,20). The maximum absolute atomic E-state index is 4.62. The highest BCUT2D eigenvalue weighted by atomic mass is 15.1. The number of aromatic nitrogens is 3. The normalized spacial score (nSPS) is 18.8. The van der Waals surface area contributed by atoms with Gasteiger partial charge >= 0.3 is 0 Å². The van der Waals surface area contributed by atoms with Crippen LogP contribution in [-0.2, 0) is 0 Å². The summed E-state index contributed by atoms with van der Waals surface area (Å²) in [5.41, 5.74) is 1.96. The number of aryl methyl sites for hydroxylation is 1. The molecule has 0 saturated carbocycles. The van der Waals surface area contributed by atoms with Crippen molar-refractivity contribution < 1.29 is 0 Å². The molecule has 2 N–H and O–H groups in total. The summed E-state index contributed by atoms with van der Waals surface area (Å²) in [6, 6.07) is 6.31. The van der Waals surface area contributed by atoms with Crippen molar-refractivity contribution in [2.45, 2.75) is 25.8 Å². The topological polar surface area (TPSA) is 62.7 Å². The molecule has 1 atom stereocenters. The molecule has 104 valence electrons. The summed E-state index contributed by atoms with van der Waals surface area (Å²) in [5, 5.41) is 6.90. The summed E-state index contributed by atoms with van der Waals surface area (Å²) in [6.45, 7) is 4.10. The number of hydrogen-bond donors (Lipinski definition) is 2. The molecule has 0 spiro atoms. The molecule has 20 heavy (non-hydrogen) atoms. The van der Waals surface area contributed by atoms with Gasteiger partial charge in [0.1, 0.15) is 5.82 Å². The van der Waals surface area contributed by atoms with Crippen LogP contribution in [0.2, 0.25) is 0 Å². The first-order chi connectivity index (χ1) is 9.81. The highest BCUT2D eigenvalue weighted by Gasteiger charge is 2.14. The second kappa shape index (κ2) is 5.96. The molecule has 2 aromatic rings. The van der Waals surface area contributed by atoms with E-state index in [0.29, 0.717) is 6.04 Å². The zero-order valence-corrected chi connectivity index (χ0v) is 11.6. The molecule has 1 aliphatic rings. The fraction of sp³-hybridized carbons (Fsp3) is 0.400. The summed E-state index contributed by atoms with van der Waals surface area (Å²) in [4.78, 5) is 13.2. The fourth-order valence-corrected chi connectivity index (χ4v) is 2.46. The van der Waals surface area contributed by atoms with Crippen LogP contribution in [0.1, 0.15) is 18.5 Å². The van der Waals surface area contributed by atoms with Crippen LogP contribution in [0.4, 0.5) is 5.82 Å². The molecule has 0 radical (unpaired) electrons. The van der Waals surface area contributed by atoms with Crippen LogP contribution in [0.25, 0.3) is 11.4 Å². The molecule has 1 unspecified atom stereocenters. The Kier molecular flexibility index (Phi) is 3.87. The molecule has 0 aliphatic carbocycles. The molecule has 3 heterocycles. The first kappa shape index (κ1) is 13.0. The Hall–Kier alpha value is -2.01. The number of anilines is 1. The van der Waals surface area contributed by atoms with Crippen molar-refractivity contribution in [3.63, 3.8) is 0 Å². The molecular formula is C15H19N5. The van der Waals surface area contributed by atoms with Crippen molar-refractivity contribution >= 4 is 5.82 Å². The van der Waals surface area contributed by atoms with E-state index in [4.69, 9.17) is 0 Å². The van der Waals surface area contributed by atoms with E-state index in [1.165, 1.54) is 12.8 Å². The van der Waals surface area contributed by atoms with Crippen molar-refractivity contribution in [2.24, 2.45) is 0 Å². The summed E-state index contributed by atoms with van der Waals surface area (Å²) in [6.07, 6.45) is 5.91. The molecule has 1 fully saturated rings. The van der Waals surface area contributed by atoms with E-state index in [-0.39, 0.29) is 0 Å². The van der Waals surface area contributed by atoms with E-state index in [0.717, 1.165) is 36.0 Å². The number of nitrogens with one attached hydrogen (secondary N) is 2. The average Bonchev–Trinajstić information content (AvgIpc) is 2.49. The fourth-order valence-electron chi connectivity index (χ4n) is 2.46. The van der Waals surface area contributed by atoms with Gasteiger partial charge in [0.25, 0.3) is 0 Å². The van der Waals surface area contributed by atoms with Crippen molar-refractivity contribution in [3.8, 4) is 11.4 Å². The van der Waals surface area contributed by atoms with Gasteiger partial charge < -0.3 is 10.6 Å². The number of rotatable bonds is 3. The van der Waals surface area contributed by atoms with E-state index < -0.39 is 0 Å². The second-order valence-corrected chi connectivity index (χ2v) is 5.14. The maximum atomic E-state index is 4.62. The molecule has 5 heteroatoms.